The van der Waals surface area contributed by atoms with Gasteiger partial charge in [-0.15, -0.1) is 0 Å². The summed E-state index contributed by atoms with van der Waals surface area (Å²) in [5.41, 5.74) is 2.87. The Morgan fingerprint density at radius 3 is 2.94 bits per heavy atom. The van der Waals surface area contributed by atoms with Crippen LogP contribution in [0.3, 0.4) is 0 Å². The lowest BCUT2D eigenvalue weighted by Gasteiger charge is -2.00. The van der Waals surface area contributed by atoms with Crippen molar-refractivity contribution in [2.75, 3.05) is 0 Å². The minimum absolute atomic E-state index is 0.101. The summed E-state index contributed by atoms with van der Waals surface area (Å²) in [6, 6.07) is 5.51. The molecule has 0 saturated carbocycles. The number of nitrogens with zero attached hydrogens (tertiary/aromatic N) is 2. The lowest BCUT2D eigenvalue weighted by Crippen LogP contribution is -2.02. The summed E-state index contributed by atoms with van der Waals surface area (Å²) in [5.74, 6) is -0.899. The Labute approximate surface area is 92.2 Å². The van der Waals surface area contributed by atoms with E-state index in [1.165, 1.54) is 0 Å². The number of pyridine rings is 1. The van der Waals surface area contributed by atoms with Crippen LogP contribution < -0.4 is 0 Å². The summed E-state index contributed by atoms with van der Waals surface area (Å²) in [5, 5.41) is 15.5. The molecule has 16 heavy (non-hydrogen) atoms. The van der Waals surface area contributed by atoms with E-state index in [0.29, 0.717) is 5.69 Å². The van der Waals surface area contributed by atoms with Crippen LogP contribution in [0.4, 0.5) is 0 Å². The minimum Gasteiger partial charge on any atom is -0.481 e. The number of hydrogen-bond acceptors (Lipinski definition) is 3. The molecule has 0 aliphatic carbocycles. The first-order valence-electron chi connectivity index (χ1n) is 4.85. The molecule has 0 aromatic carbocycles. The van der Waals surface area contributed by atoms with Gasteiger partial charge in [0.05, 0.1) is 17.8 Å². The lowest BCUT2D eigenvalue weighted by molar-refractivity contribution is -0.136. The quantitative estimate of drug-likeness (QED) is 0.814. The van der Waals surface area contributed by atoms with Gasteiger partial charge in [0.1, 0.15) is 0 Å². The number of carboxylic acids is 1. The Balaban J connectivity index is 2.47. The number of aromatic amines is 1. The Hall–Kier alpha value is -2.17. The van der Waals surface area contributed by atoms with Gasteiger partial charge >= 0.3 is 5.97 Å². The van der Waals surface area contributed by atoms with E-state index in [1.807, 2.05) is 25.1 Å². The maximum absolute atomic E-state index is 10.7. The number of aromatic nitrogens is 3. The first-order chi connectivity index (χ1) is 7.68. The van der Waals surface area contributed by atoms with Crippen LogP contribution in [-0.4, -0.2) is 26.3 Å². The van der Waals surface area contributed by atoms with Crippen molar-refractivity contribution in [1.82, 2.24) is 15.2 Å². The van der Waals surface area contributed by atoms with Crippen molar-refractivity contribution < 1.29 is 9.90 Å². The Bertz CT molecular complexity index is 505. The Kier molecular flexibility index (Phi) is 2.68. The fraction of sp³-hybridized carbons (Fsp3) is 0.182. The standard InChI is InChI=1S/C11H11N3O2/c1-7-11(8-4-2-3-5-12-8)9(14-13-7)6-10(15)16/h2-5H,6H2,1H3,(H,13,14)(H,15,16). The van der Waals surface area contributed by atoms with Crippen LogP contribution in [0.25, 0.3) is 11.3 Å². The van der Waals surface area contributed by atoms with Crippen molar-refractivity contribution in [2.45, 2.75) is 13.3 Å². The molecule has 2 heterocycles. The molecule has 0 amide bonds. The average Bonchev–Trinajstić information content (AvgIpc) is 2.60. The molecule has 82 valence electrons. The van der Waals surface area contributed by atoms with E-state index in [-0.39, 0.29) is 6.42 Å². The van der Waals surface area contributed by atoms with Crippen LogP contribution in [0.15, 0.2) is 24.4 Å². The summed E-state index contributed by atoms with van der Waals surface area (Å²) in [6.45, 7) is 1.85. The highest BCUT2D eigenvalue weighted by Gasteiger charge is 2.15. The van der Waals surface area contributed by atoms with Gasteiger partial charge in [-0.1, -0.05) is 6.07 Å². The van der Waals surface area contributed by atoms with Gasteiger partial charge in [0, 0.05) is 17.5 Å². The van der Waals surface area contributed by atoms with Crippen LogP contribution in [0.2, 0.25) is 0 Å². The molecule has 5 nitrogen and oxygen atoms in total. The predicted octanol–water partition coefficient (Wildman–Crippen LogP) is 1.41. The van der Waals surface area contributed by atoms with Crippen molar-refractivity contribution in [1.29, 1.82) is 0 Å². The van der Waals surface area contributed by atoms with Crippen molar-refractivity contribution in [3.63, 3.8) is 0 Å². The highest BCUT2D eigenvalue weighted by atomic mass is 16.4. The van der Waals surface area contributed by atoms with Crippen molar-refractivity contribution in [3.8, 4) is 11.3 Å². The van der Waals surface area contributed by atoms with E-state index in [1.54, 1.807) is 6.20 Å². The number of aryl methyl sites for hydroxylation is 1. The number of rotatable bonds is 3. The summed E-state index contributed by atoms with van der Waals surface area (Å²) in [4.78, 5) is 14.9. The highest BCUT2D eigenvalue weighted by molar-refractivity contribution is 5.75. The van der Waals surface area contributed by atoms with Gasteiger partial charge in [-0.3, -0.25) is 14.9 Å². The van der Waals surface area contributed by atoms with Gasteiger partial charge in [0.25, 0.3) is 0 Å². The monoisotopic (exact) mass is 217 g/mol. The second-order valence-electron chi connectivity index (χ2n) is 3.46. The molecular weight excluding hydrogens is 206 g/mol. The SMILES string of the molecule is Cc1[nH]nc(CC(=O)O)c1-c1ccccn1. The predicted molar refractivity (Wildman–Crippen MR) is 57.9 cm³/mol. The number of H-pyrrole nitrogens is 1. The third-order valence-electron chi connectivity index (χ3n) is 2.26. The van der Waals surface area contributed by atoms with E-state index in [0.717, 1.165) is 17.0 Å². The maximum atomic E-state index is 10.7. The smallest absolute Gasteiger partial charge is 0.309 e. The van der Waals surface area contributed by atoms with Crippen LogP contribution in [-0.2, 0) is 11.2 Å². The Morgan fingerprint density at radius 1 is 1.50 bits per heavy atom. The fourth-order valence-electron chi connectivity index (χ4n) is 1.60. The molecule has 2 N–H and O–H groups in total. The van der Waals surface area contributed by atoms with Gasteiger partial charge in [0.15, 0.2) is 0 Å². The van der Waals surface area contributed by atoms with Crippen LogP contribution in [0.1, 0.15) is 11.4 Å². The van der Waals surface area contributed by atoms with E-state index >= 15 is 0 Å². The zero-order valence-corrected chi connectivity index (χ0v) is 8.77. The van der Waals surface area contributed by atoms with Gasteiger partial charge in [-0.05, 0) is 19.1 Å². The molecule has 0 spiro atoms. The number of hydrogen-bond donors (Lipinski definition) is 2. The lowest BCUT2D eigenvalue weighted by atomic mass is 10.1. The second-order valence-corrected chi connectivity index (χ2v) is 3.46. The van der Waals surface area contributed by atoms with E-state index in [4.69, 9.17) is 5.11 Å². The topological polar surface area (TPSA) is 78.9 Å². The van der Waals surface area contributed by atoms with Gasteiger partial charge in [0.2, 0.25) is 0 Å². The van der Waals surface area contributed by atoms with Gasteiger partial charge in [-0.25, -0.2) is 0 Å². The van der Waals surface area contributed by atoms with Crippen LogP contribution in [0, 0.1) is 6.92 Å². The van der Waals surface area contributed by atoms with Crippen molar-refractivity contribution >= 4 is 5.97 Å². The summed E-state index contributed by atoms with van der Waals surface area (Å²) >= 11 is 0. The number of nitrogens with one attached hydrogen (secondary N) is 1. The molecule has 0 aliphatic heterocycles. The highest BCUT2D eigenvalue weighted by Crippen LogP contribution is 2.23. The molecule has 5 heteroatoms. The molecule has 0 fully saturated rings. The van der Waals surface area contributed by atoms with Crippen LogP contribution in [0.5, 0.6) is 0 Å². The van der Waals surface area contributed by atoms with Crippen LogP contribution >= 0.6 is 0 Å². The third-order valence-corrected chi connectivity index (χ3v) is 2.26. The molecule has 0 aliphatic rings. The molecule has 0 saturated heterocycles. The second kappa shape index (κ2) is 4.14. The molecule has 0 radical (unpaired) electrons. The van der Waals surface area contributed by atoms with Gasteiger partial charge in [-0.2, -0.15) is 5.10 Å². The van der Waals surface area contributed by atoms with Gasteiger partial charge < -0.3 is 5.11 Å². The molecule has 2 aromatic heterocycles. The molecule has 0 bridgehead atoms. The van der Waals surface area contributed by atoms with Crippen molar-refractivity contribution in [3.05, 3.63) is 35.8 Å². The molecular formula is C11H11N3O2. The van der Waals surface area contributed by atoms with Crippen molar-refractivity contribution in [2.24, 2.45) is 0 Å². The fourth-order valence-corrected chi connectivity index (χ4v) is 1.60. The van der Waals surface area contributed by atoms with E-state index in [2.05, 4.69) is 15.2 Å². The average molecular weight is 217 g/mol. The zero-order chi connectivity index (χ0) is 11.5. The number of carbonyl (C=O) groups is 1. The number of carboxylic acid groups (broad SMARTS) is 1. The molecule has 2 rings (SSSR count). The van der Waals surface area contributed by atoms with E-state index < -0.39 is 5.97 Å². The zero-order valence-electron chi connectivity index (χ0n) is 8.77. The summed E-state index contributed by atoms with van der Waals surface area (Å²) < 4.78 is 0. The first-order valence-corrected chi connectivity index (χ1v) is 4.85. The largest absolute Gasteiger partial charge is 0.481 e. The first kappa shape index (κ1) is 10.4. The third kappa shape index (κ3) is 1.93. The Morgan fingerprint density at radius 2 is 2.31 bits per heavy atom. The summed E-state index contributed by atoms with van der Waals surface area (Å²) in [6.07, 6.45) is 1.57. The number of aliphatic carboxylic acids is 1. The van der Waals surface area contributed by atoms with E-state index in [9.17, 15) is 4.79 Å². The molecule has 2 aromatic rings. The molecule has 0 unspecified atom stereocenters. The maximum Gasteiger partial charge on any atom is 0.309 e. The normalized spacial score (nSPS) is 10.3. The molecule has 0 atom stereocenters. The summed E-state index contributed by atoms with van der Waals surface area (Å²) in [7, 11) is 0. The minimum atomic E-state index is -0.899.